The molecular formula is C11H24N2O3S. The van der Waals surface area contributed by atoms with Gasteiger partial charge in [-0.15, -0.1) is 0 Å². The number of nitrogens with zero attached hydrogens (tertiary/aromatic N) is 1. The van der Waals surface area contributed by atoms with Crippen LogP contribution in [0.5, 0.6) is 0 Å². The lowest BCUT2D eigenvalue weighted by atomic mass is 10.1. The Morgan fingerprint density at radius 1 is 1.35 bits per heavy atom. The van der Waals surface area contributed by atoms with E-state index in [4.69, 9.17) is 0 Å². The summed E-state index contributed by atoms with van der Waals surface area (Å²) in [5.41, 5.74) is 0. The molecule has 0 aromatic carbocycles. The second kappa shape index (κ2) is 6.96. The van der Waals surface area contributed by atoms with Gasteiger partial charge in [-0.3, -0.25) is 4.79 Å². The lowest BCUT2D eigenvalue weighted by Gasteiger charge is -2.27. The van der Waals surface area contributed by atoms with Gasteiger partial charge in [0, 0.05) is 31.3 Å². The van der Waals surface area contributed by atoms with Crippen molar-refractivity contribution in [3.05, 3.63) is 0 Å². The Balaban J connectivity index is 4.50. The fourth-order valence-corrected chi connectivity index (χ4v) is 2.75. The van der Waals surface area contributed by atoms with E-state index in [9.17, 15) is 13.2 Å². The van der Waals surface area contributed by atoms with Gasteiger partial charge in [-0.2, -0.15) is 0 Å². The molecule has 0 saturated heterocycles. The molecule has 0 aliphatic carbocycles. The number of sulfone groups is 1. The first-order chi connectivity index (χ1) is 7.75. The van der Waals surface area contributed by atoms with Crippen LogP contribution in [0.2, 0.25) is 0 Å². The number of nitrogens with one attached hydrogen (secondary N) is 1. The van der Waals surface area contributed by atoms with E-state index in [-0.39, 0.29) is 29.4 Å². The molecule has 0 bridgehead atoms. The average Bonchev–Trinajstić information content (AvgIpc) is 2.26. The third-order valence-electron chi connectivity index (χ3n) is 2.88. The van der Waals surface area contributed by atoms with Crippen LogP contribution in [0.1, 0.15) is 20.8 Å². The molecule has 0 radical (unpaired) electrons. The number of hydrogen-bond acceptors (Lipinski definition) is 4. The van der Waals surface area contributed by atoms with Crippen molar-refractivity contribution in [1.82, 2.24) is 10.2 Å². The van der Waals surface area contributed by atoms with Crippen molar-refractivity contribution in [2.75, 3.05) is 32.1 Å². The normalized spacial score (nSPS) is 15.4. The molecule has 0 aromatic heterocycles. The van der Waals surface area contributed by atoms with Gasteiger partial charge in [0.2, 0.25) is 5.91 Å². The molecule has 0 aliphatic rings. The number of rotatable bonds is 7. The van der Waals surface area contributed by atoms with Crippen LogP contribution >= 0.6 is 0 Å². The molecule has 0 saturated carbocycles. The Labute approximate surface area is 104 Å². The topological polar surface area (TPSA) is 66.5 Å². The summed E-state index contributed by atoms with van der Waals surface area (Å²) in [6, 6.07) is -0.285. The van der Waals surface area contributed by atoms with E-state index in [1.807, 2.05) is 6.92 Å². The van der Waals surface area contributed by atoms with E-state index in [0.717, 1.165) is 0 Å². The van der Waals surface area contributed by atoms with Gasteiger partial charge in [-0.25, -0.2) is 8.42 Å². The summed E-state index contributed by atoms with van der Waals surface area (Å²) in [6.45, 7) is 5.80. The molecule has 0 aromatic rings. The molecule has 1 amide bonds. The molecule has 0 aliphatic heterocycles. The second-order valence-corrected chi connectivity index (χ2v) is 6.85. The molecular weight excluding hydrogens is 240 g/mol. The van der Waals surface area contributed by atoms with Gasteiger partial charge < -0.3 is 10.2 Å². The zero-order chi connectivity index (χ0) is 13.6. The van der Waals surface area contributed by atoms with E-state index in [2.05, 4.69) is 5.32 Å². The van der Waals surface area contributed by atoms with Crippen molar-refractivity contribution in [2.45, 2.75) is 26.8 Å². The molecule has 0 heterocycles. The first-order valence-corrected chi connectivity index (χ1v) is 7.69. The zero-order valence-electron chi connectivity index (χ0n) is 11.4. The van der Waals surface area contributed by atoms with Crippen molar-refractivity contribution in [2.24, 2.45) is 5.92 Å². The highest BCUT2D eigenvalue weighted by Crippen LogP contribution is 2.07. The highest BCUT2D eigenvalue weighted by Gasteiger charge is 2.24. The standard InChI is InChI=1S/C11H24N2O3S/c1-6-17(15,16)8-10(3)13(5)11(14)9(2)7-12-4/h9-10,12H,6-8H2,1-5H3. The maximum absolute atomic E-state index is 11.9. The van der Waals surface area contributed by atoms with E-state index < -0.39 is 9.84 Å². The quantitative estimate of drug-likeness (QED) is 0.709. The second-order valence-electron chi connectivity index (χ2n) is 4.46. The third kappa shape index (κ3) is 5.50. The summed E-state index contributed by atoms with van der Waals surface area (Å²) < 4.78 is 23.0. The van der Waals surface area contributed by atoms with Crippen molar-refractivity contribution < 1.29 is 13.2 Å². The van der Waals surface area contributed by atoms with Crippen LogP contribution in [0, 0.1) is 5.92 Å². The van der Waals surface area contributed by atoms with Crippen LogP contribution < -0.4 is 5.32 Å². The molecule has 5 nitrogen and oxygen atoms in total. The van der Waals surface area contributed by atoms with E-state index in [1.54, 1.807) is 27.9 Å². The number of hydrogen-bond donors (Lipinski definition) is 1. The first kappa shape index (κ1) is 16.4. The lowest BCUT2D eigenvalue weighted by Crippen LogP contribution is -2.44. The lowest BCUT2D eigenvalue weighted by molar-refractivity contribution is -0.134. The van der Waals surface area contributed by atoms with E-state index in [0.29, 0.717) is 6.54 Å². The van der Waals surface area contributed by atoms with Gasteiger partial charge in [-0.05, 0) is 14.0 Å². The summed E-state index contributed by atoms with van der Waals surface area (Å²) in [4.78, 5) is 13.5. The zero-order valence-corrected chi connectivity index (χ0v) is 12.2. The van der Waals surface area contributed by atoms with Gasteiger partial charge in [0.15, 0.2) is 9.84 Å². The van der Waals surface area contributed by atoms with Crippen LogP contribution in [0.3, 0.4) is 0 Å². The minimum absolute atomic E-state index is 0.0258. The highest BCUT2D eigenvalue weighted by atomic mass is 32.2. The SMILES string of the molecule is CCS(=O)(=O)CC(C)N(C)C(=O)C(C)CNC. The smallest absolute Gasteiger partial charge is 0.226 e. The average molecular weight is 264 g/mol. The van der Waals surface area contributed by atoms with E-state index >= 15 is 0 Å². The number of amides is 1. The minimum atomic E-state index is -3.04. The molecule has 0 rings (SSSR count). The first-order valence-electron chi connectivity index (χ1n) is 5.86. The predicted molar refractivity (Wildman–Crippen MR) is 69.7 cm³/mol. The Hall–Kier alpha value is -0.620. The summed E-state index contributed by atoms with van der Waals surface area (Å²) in [7, 11) is 0.399. The molecule has 6 heteroatoms. The van der Waals surface area contributed by atoms with Crippen molar-refractivity contribution in [3.8, 4) is 0 Å². The summed E-state index contributed by atoms with van der Waals surface area (Å²) in [5, 5.41) is 2.94. The largest absolute Gasteiger partial charge is 0.342 e. The van der Waals surface area contributed by atoms with Crippen molar-refractivity contribution >= 4 is 15.7 Å². The maximum atomic E-state index is 11.9. The monoisotopic (exact) mass is 264 g/mol. The molecule has 17 heavy (non-hydrogen) atoms. The van der Waals surface area contributed by atoms with Crippen LogP contribution in [-0.4, -0.2) is 57.4 Å². The van der Waals surface area contributed by atoms with Crippen molar-refractivity contribution in [1.29, 1.82) is 0 Å². The van der Waals surface area contributed by atoms with Gasteiger partial charge in [0.25, 0.3) is 0 Å². The Kier molecular flexibility index (Phi) is 6.70. The molecule has 0 fully saturated rings. The van der Waals surface area contributed by atoms with Crippen LogP contribution in [0.4, 0.5) is 0 Å². The Bertz CT molecular complexity index is 341. The molecule has 2 atom stereocenters. The minimum Gasteiger partial charge on any atom is -0.342 e. The van der Waals surface area contributed by atoms with Crippen LogP contribution in [0.25, 0.3) is 0 Å². The number of carbonyl (C=O) groups is 1. The summed E-state index contributed by atoms with van der Waals surface area (Å²) in [6.07, 6.45) is 0. The molecule has 102 valence electrons. The summed E-state index contributed by atoms with van der Waals surface area (Å²) >= 11 is 0. The van der Waals surface area contributed by atoms with Crippen molar-refractivity contribution in [3.63, 3.8) is 0 Å². The maximum Gasteiger partial charge on any atom is 0.226 e. The van der Waals surface area contributed by atoms with Gasteiger partial charge in [0.1, 0.15) is 0 Å². The van der Waals surface area contributed by atoms with E-state index in [1.165, 1.54) is 4.90 Å². The fraction of sp³-hybridized carbons (Fsp3) is 0.909. The summed E-state index contributed by atoms with van der Waals surface area (Å²) in [5.74, 6) is -0.0290. The van der Waals surface area contributed by atoms with Gasteiger partial charge in [-0.1, -0.05) is 13.8 Å². The fourth-order valence-electron chi connectivity index (χ4n) is 1.56. The van der Waals surface area contributed by atoms with Crippen LogP contribution in [-0.2, 0) is 14.6 Å². The molecule has 1 N–H and O–H groups in total. The van der Waals surface area contributed by atoms with Gasteiger partial charge >= 0.3 is 0 Å². The van der Waals surface area contributed by atoms with Gasteiger partial charge in [0.05, 0.1) is 5.75 Å². The Morgan fingerprint density at radius 2 is 1.88 bits per heavy atom. The molecule has 0 spiro atoms. The third-order valence-corrected chi connectivity index (χ3v) is 4.75. The predicted octanol–water partition coefficient (Wildman–Crippen LogP) is 0.124. The highest BCUT2D eigenvalue weighted by molar-refractivity contribution is 7.91. The Morgan fingerprint density at radius 3 is 2.29 bits per heavy atom. The molecule has 2 unspecified atom stereocenters. The number of carbonyl (C=O) groups excluding carboxylic acids is 1. The van der Waals surface area contributed by atoms with Crippen LogP contribution in [0.15, 0.2) is 0 Å².